The van der Waals surface area contributed by atoms with Gasteiger partial charge in [-0.15, -0.1) is 0 Å². The zero-order valence-corrected chi connectivity index (χ0v) is 13.1. The van der Waals surface area contributed by atoms with Crippen LogP contribution in [0.4, 0.5) is 8.78 Å². The lowest BCUT2D eigenvalue weighted by molar-refractivity contribution is 0.143. The van der Waals surface area contributed by atoms with Crippen LogP contribution in [0, 0.1) is 23.0 Å². The Bertz CT molecular complexity index is 464. The summed E-state index contributed by atoms with van der Waals surface area (Å²) in [6.07, 6.45) is 0.859. The maximum Gasteiger partial charge on any atom is 0.126 e. The average molecular weight is 297 g/mol. The Morgan fingerprint density at radius 1 is 1.24 bits per heavy atom. The molecule has 2 unspecified atom stereocenters. The monoisotopic (exact) mass is 297 g/mol. The van der Waals surface area contributed by atoms with Crippen molar-refractivity contribution in [3.8, 4) is 0 Å². The van der Waals surface area contributed by atoms with E-state index in [1.807, 2.05) is 0 Å². The van der Waals surface area contributed by atoms with Gasteiger partial charge in [0.25, 0.3) is 0 Å². The van der Waals surface area contributed by atoms with Gasteiger partial charge < -0.3 is 10.0 Å². The van der Waals surface area contributed by atoms with E-state index >= 15 is 0 Å². The molecule has 1 aliphatic heterocycles. The van der Waals surface area contributed by atoms with Crippen molar-refractivity contribution < 1.29 is 13.9 Å². The smallest absolute Gasteiger partial charge is 0.126 e. The highest BCUT2D eigenvalue weighted by Gasteiger charge is 2.31. The van der Waals surface area contributed by atoms with Gasteiger partial charge in [-0.2, -0.15) is 0 Å². The first-order valence-corrected chi connectivity index (χ1v) is 7.62. The van der Waals surface area contributed by atoms with E-state index in [-0.39, 0.29) is 0 Å². The van der Waals surface area contributed by atoms with E-state index < -0.39 is 17.7 Å². The average Bonchev–Trinajstić information content (AvgIpc) is 2.83. The third kappa shape index (κ3) is 4.48. The van der Waals surface area contributed by atoms with E-state index in [0.717, 1.165) is 25.7 Å². The van der Waals surface area contributed by atoms with Crippen molar-refractivity contribution in [1.82, 2.24) is 4.90 Å². The Balaban J connectivity index is 1.86. The molecule has 0 amide bonds. The normalized spacial score (nSPS) is 21.7. The van der Waals surface area contributed by atoms with Gasteiger partial charge in [-0.3, -0.25) is 0 Å². The molecule has 1 aliphatic rings. The minimum Gasteiger partial charge on any atom is -0.388 e. The second-order valence-electron chi connectivity index (χ2n) is 7.16. The summed E-state index contributed by atoms with van der Waals surface area (Å²) in [6.45, 7) is 9.59. The first kappa shape index (κ1) is 16.4. The summed E-state index contributed by atoms with van der Waals surface area (Å²) in [5.41, 5.74) is 0.623. The fourth-order valence-electron chi connectivity index (χ4n) is 2.98. The molecule has 1 heterocycles. The number of benzene rings is 1. The van der Waals surface area contributed by atoms with Crippen molar-refractivity contribution in [1.29, 1.82) is 0 Å². The summed E-state index contributed by atoms with van der Waals surface area (Å²) < 4.78 is 26.3. The van der Waals surface area contributed by atoms with Crippen LogP contribution in [0.5, 0.6) is 0 Å². The summed E-state index contributed by atoms with van der Waals surface area (Å²) in [7, 11) is 0. The summed E-state index contributed by atoms with van der Waals surface area (Å²) in [6, 6.07) is 3.23. The highest BCUT2D eigenvalue weighted by Crippen LogP contribution is 2.33. The van der Waals surface area contributed by atoms with Crippen LogP contribution < -0.4 is 0 Å². The molecule has 1 saturated heterocycles. The summed E-state index contributed by atoms with van der Waals surface area (Å²) >= 11 is 0. The Kier molecular flexibility index (Phi) is 4.99. The highest BCUT2D eigenvalue weighted by molar-refractivity contribution is 5.20. The fourth-order valence-corrected chi connectivity index (χ4v) is 2.98. The molecule has 2 rings (SSSR count). The van der Waals surface area contributed by atoms with Gasteiger partial charge >= 0.3 is 0 Å². The van der Waals surface area contributed by atoms with E-state index in [2.05, 4.69) is 25.7 Å². The lowest BCUT2D eigenvalue weighted by atomic mass is 9.80. The van der Waals surface area contributed by atoms with E-state index in [0.29, 0.717) is 23.3 Å². The van der Waals surface area contributed by atoms with E-state index in [1.165, 1.54) is 18.6 Å². The van der Waals surface area contributed by atoms with Crippen LogP contribution in [-0.4, -0.2) is 29.6 Å². The van der Waals surface area contributed by atoms with Gasteiger partial charge in [0.1, 0.15) is 11.6 Å². The molecule has 4 heteroatoms. The molecule has 1 fully saturated rings. The lowest BCUT2D eigenvalue weighted by Gasteiger charge is -2.27. The van der Waals surface area contributed by atoms with Crippen LogP contribution in [0.1, 0.15) is 45.3 Å². The molecule has 2 nitrogen and oxygen atoms in total. The van der Waals surface area contributed by atoms with Crippen LogP contribution >= 0.6 is 0 Å². The zero-order valence-electron chi connectivity index (χ0n) is 13.1. The molecular formula is C17H25F2NO. The number of aliphatic hydroxyl groups is 1. The summed E-state index contributed by atoms with van der Waals surface area (Å²) in [5, 5.41) is 10.1. The van der Waals surface area contributed by atoms with Crippen molar-refractivity contribution in [2.75, 3.05) is 19.6 Å². The molecule has 2 atom stereocenters. The Hall–Kier alpha value is -1.00. The molecule has 1 aromatic carbocycles. The summed E-state index contributed by atoms with van der Waals surface area (Å²) in [5.74, 6) is -0.614. The number of nitrogens with zero attached hydrogens (tertiary/aromatic N) is 1. The van der Waals surface area contributed by atoms with Gasteiger partial charge in [0.15, 0.2) is 0 Å². The number of rotatable bonds is 4. The van der Waals surface area contributed by atoms with Crippen LogP contribution in [0.2, 0.25) is 0 Å². The van der Waals surface area contributed by atoms with Crippen molar-refractivity contribution >= 4 is 0 Å². The first-order chi connectivity index (χ1) is 9.75. The maximum atomic E-state index is 13.2. The largest absolute Gasteiger partial charge is 0.388 e. The second-order valence-corrected chi connectivity index (χ2v) is 7.16. The standard InChI is InChI=1S/C17H25F2NO/c1-17(2,3)13-4-6-20(11-13)7-5-16(21)12-8-14(18)10-15(19)9-12/h8-10,13,16,21H,4-7,11H2,1-3H3. The quantitative estimate of drug-likeness (QED) is 0.915. The molecular weight excluding hydrogens is 272 g/mol. The molecule has 1 N–H and O–H groups in total. The molecule has 21 heavy (non-hydrogen) atoms. The topological polar surface area (TPSA) is 23.5 Å². The Morgan fingerprint density at radius 3 is 2.38 bits per heavy atom. The van der Waals surface area contributed by atoms with Crippen molar-refractivity contribution in [2.45, 2.75) is 39.7 Å². The number of halogens is 2. The molecule has 0 aromatic heterocycles. The van der Waals surface area contributed by atoms with Crippen LogP contribution in [0.15, 0.2) is 18.2 Å². The molecule has 0 saturated carbocycles. The van der Waals surface area contributed by atoms with E-state index in [1.54, 1.807) is 0 Å². The number of hydrogen-bond donors (Lipinski definition) is 1. The minimum atomic E-state index is -0.816. The number of likely N-dealkylation sites (tertiary alicyclic amines) is 1. The zero-order chi connectivity index (χ0) is 15.6. The van der Waals surface area contributed by atoms with Crippen LogP contribution in [-0.2, 0) is 0 Å². The maximum absolute atomic E-state index is 13.2. The van der Waals surface area contributed by atoms with Crippen molar-refractivity contribution in [3.63, 3.8) is 0 Å². The molecule has 0 spiro atoms. The SMILES string of the molecule is CC(C)(C)C1CCN(CCC(O)c2cc(F)cc(F)c2)C1. The molecule has 1 aromatic rings. The third-order valence-corrected chi connectivity index (χ3v) is 4.49. The minimum absolute atomic E-state index is 0.305. The Morgan fingerprint density at radius 2 is 1.86 bits per heavy atom. The van der Waals surface area contributed by atoms with Gasteiger partial charge in [0.2, 0.25) is 0 Å². The van der Waals surface area contributed by atoms with E-state index in [4.69, 9.17) is 0 Å². The van der Waals surface area contributed by atoms with Crippen LogP contribution in [0.25, 0.3) is 0 Å². The predicted octanol–water partition coefficient (Wildman–Crippen LogP) is 3.76. The summed E-state index contributed by atoms with van der Waals surface area (Å²) in [4.78, 5) is 2.33. The fraction of sp³-hybridized carbons (Fsp3) is 0.647. The number of hydrogen-bond acceptors (Lipinski definition) is 2. The molecule has 0 bridgehead atoms. The molecule has 0 radical (unpaired) electrons. The first-order valence-electron chi connectivity index (χ1n) is 7.62. The van der Waals surface area contributed by atoms with Gasteiger partial charge in [0.05, 0.1) is 6.10 Å². The molecule has 118 valence electrons. The lowest BCUT2D eigenvalue weighted by Crippen LogP contribution is -2.27. The Labute approximate surface area is 125 Å². The van der Waals surface area contributed by atoms with Gasteiger partial charge in [-0.25, -0.2) is 8.78 Å². The van der Waals surface area contributed by atoms with Gasteiger partial charge in [-0.05, 0) is 48.4 Å². The van der Waals surface area contributed by atoms with E-state index in [9.17, 15) is 13.9 Å². The van der Waals surface area contributed by atoms with Crippen molar-refractivity contribution in [3.05, 3.63) is 35.4 Å². The molecule has 0 aliphatic carbocycles. The van der Waals surface area contributed by atoms with Crippen molar-refractivity contribution in [2.24, 2.45) is 11.3 Å². The second kappa shape index (κ2) is 6.41. The number of aliphatic hydroxyl groups excluding tert-OH is 1. The van der Waals surface area contributed by atoms with Crippen LogP contribution in [0.3, 0.4) is 0 Å². The third-order valence-electron chi connectivity index (χ3n) is 4.49. The van der Waals surface area contributed by atoms with Gasteiger partial charge in [0, 0.05) is 19.2 Å². The predicted molar refractivity (Wildman–Crippen MR) is 79.9 cm³/mol. The highest BCUT2D eigenvalue weighted by atomic mass is 19.1. The van der Waals surface area contributed by atoms with Gasteiger partial charge in [-0.1, -0.05) is 20.8 Å².